The van der Waals surface area contributed by atoms with Crippen molar-refractivity contribution in [2.75, 3.05) is 43.8 Å². The fourth-order valence-corrected chi connectivity index (χ4v) is 4.21. The minimum atomic E-state index is -5.80. The van der Waals surface area contributed by atoms with Crippen LogP contribution in [0.25, 0.3) is 6.08 Å². The average Bonchev–Trinajstić information content (AvgIpc) is 2.72. The Morgan fingerprint density at radius 1 is 1.18 bits per heavy atom. The van der Waals surface area contributed by atoms with Gasteiger partial charge in [-0.2, -0.15) is 26.3 Å². The number of carbonyl (C=O) groups excluding carboxylic acids is 1. The lowest BCUT2D eigenvalue weighted by atomic mass is 9.89. The fourth-order valence-electron chi connectivity index (χ4n) is 3.86. The number of hydrogen-bond donors (Lipinski definition) is 0. The summed E-state index contributed by atoms with van der Waals surface area (Å²) >= 11 is 3.12. The van der Waals surface area contributed by atoms with E-state index in [1.165, 1.54) is 18.2 Å². The van der Waals surface area contributed by atoms with E-state index in [2.05, 4.69) is 25.4 Å². The molecule has 2 rings (SSSR count). The molecule has 0 bridgehead atoms. The molecule has 0 N–H and O–H groups in total. The third-order valence-electron chi connectivity index (χ3n) is 5.38. The zero-order chi connectivity index (χ0) is 25.0. The van der Waals surface area contributed by atoms with Crippen LogP contribution >= 0.6 is 15.9 Å². The molecule has 1 aliphatic rings. The summed E-state index contributed by atoms with van der Waals surface area (Å²) in [6.45, 7) is 3.34. The van der Waals surface area contributed by atoms with Crippen molar-refractivity contribution in [3.63, 3.8) is 0 Å². The molecule has 1 aromatic rings. The molecule has 5 nitrogen and oxygen atoms in total. The van der Waals surface area contributed by atoms with E-state index in [-0.39, 0.29) is 22.8 Å². The van der Waals surface area contributed by atoms with Crippen LogP contribution in [0, 0.1) is 0 Å². The van der Waals surface area contributed by atoms with Gasteiger partial charge in [0.15, 0.2) is 0 Å². The Balaban J connectivity index is 2.58. The lowest BCUT2D eigenvalue weighted by molar-refractivity contribution is -0.400. The Morgan fingerprint density at radius 2 is 1.82 bits per heavy atom. The summed E-state index contributed by atoms with van der Waals surface area (Å²) in [5.41, 5.74) is -5.03. The topological polar surface area (TPSA) is 42.0 Å². The highest BCUT2D eigenvalue weighted by molar-refractivity contribution is 9.09. The second kappa shape index (κ2) is 10.6. The van der Waals surface area contributed by atoms with Gasteiger partial charge in [0.1, 0.15) is 6.79 Å². The highest BCUT2D eigenvalue weighted by atomic mass is 79.9. The molecule has 0 aromatic heterocycles. The van der Waals surface area contributed by atoms with Crippen LogP contribution in [0.15, 0.2) is 24.3 Å². The predicted octanol–water partition coefficient (Wildman–Crippen LogP) is 5.09. The molecule has 1 saturated heterocycles. The van der Waals surface area contributed by atoms with E-state index in [1.807, 2.05) is 11.8 Å². The molecule has 1 fully saturated rings. The van der Waals surface area contributed by atoms with E-state index < -0.39 is 30.3 Å². The first kappa shape index (κ1) is 27.5. The number of allylic oxidation sites excluding steroid dienone is 1. The van der Waals surface area contributed by atoms with Crippen molar-refractivity contribution in [2.24, 2.45) is 0 Å². The van der Waals surface area contributed by atoms with Crippen LogP contribution in [0.1, 0.15) is 25.0 Å². The van der Waals surface area contributed by atoms with Crippen molar-refractivity contribution in [3.05, 3.63) is 35.4 Å². The van der Waals surface area contributed by atoms with Gasteiger partial charge in [-0.25, -0.2) is 0 Å². The fraction of sp³-hybridized carbons (Fsp3) is 0.571. The van der Waals surface area contributed by atoms with E-state index >= 15 is 0 Å². The highest BCUT2D eigenvalue weighted by Gasteiger charge is 2.73. The zero-order valence-corrected chi connectivity index (χ0v) is 19.9. The molecule has 1 atom stereocenters. The number of hydrogen-bond acceptors (Lipinski definition) is 4. The van der Waals surface area contributed by atoms with Gasteiger partial charge >= 0.3 is 12.4 Å². The van der Waals surface area contributed by atoms with Crippen LogP contribution in [0.3, 0.4) is 0 Å². The number of methoxy groups -OCH3 is 1. The van der Waals surface area contributed by atoms with Crippen molar-refractivity contribution in [2.45, 2.75) is 37.8 Å². The summed E-state index contributed by atoms with van der Waals surface area (Å²) < 4.78 is 92.1. The molecule has 1 aliphatic heterocycles. The Kier molecular flexibility index (Phi) is 8.86. The van der Waals surface area contributed by atoms with Crippen molar-refractivity contribution in [3.8, 4) is 0 Å². The van der Waals surface area contributed by atoms with E-state index in [4.69, 9.17) is 0 Å². The molecule has 12 heteroatoms. The Morgan fingerprint density at radius 3 is 2.30 bits per heavy atom. The largest absolute Gasteiger partial charge is 0.430 e. The number of rotatable bonds is 7. The van der Waals surface area contributed by atoms with Crippen LogP contribution in [0.4, 0.5) is 32.0 Å². The zero-order valence-electron chi connectivity index (χ0n) is 18.3. The molecule has 0 spiro atoms. The molecule has 1 heterocycles. The number of ether oxygens (including phenoxy) is 2. The maximum absolute atomic E-state index is 13.9. The van der Waals surface area contributed by atoms with E-state index in [0.717, 1.165) is 19.2 Å². The highest BCUT2D eigenvalue weighted by Crippen LogP contribution is 2.53. The van der Waals surface area contributed by atoms with Gasteiger partial charge in [0, 0.05) is 44.0 Å². The van der Waals surface area contributed by atoms with Gasteiger partial charge in [-0.05, 0) is 31.5 Å². The first-order chi connectivity index (χ1) is 15.3. The normalized spacial score (nSPS) is 18.3. The number of halogens is 7. The van der Waals surface area contributed by atoms with Gasteiger partial charge in [-0.15, -0.1) is 0 Å². The maximum Gasteiger partial charge on any atom is 0.430 e. The molecule has 186 valence electrons. The first-order valence-electron chi connectivity index (χ1n) is 9.98. The van der Waals surface area contributed by atoms with Crippen molar-refractivity contribution >= 4 is 33.6 Å². The van der Waals surface area contributed by atoms with Gasteiger partial charge in [-0.3, -0.25) is 4.79 Å². The molecular weight excluding hydrogens is 522 g/mol. The van der Waals surface area contributed by atoms with Gasteiger partial charge in [0.25, 0.3) is 5.60 Å². The van der Waals surface area contributed by atoms with Crippen LogP contribution in [-0.4, -0.2) is 68.1 Å². The van der Waals surface area contributed by atoms with Crippen molar-refractivity contribution in [1.82, 2.24) is 4.90 Å². The van der Waals surface area contributed by atoms with Crippen LogP contribution in [0.5, 0.6) is 0 Å². The third-order valence-corrected chi connectivity index (χ3v) is 5.86. The van der Waals surface area contributed by atoms with Crippen LogP contribution < -0.4 is 4.90 Å². The molecule has 0 aliphatic carbocycles. The van der Waals surface area contributed by atoms with E-state index in [0.29, 0.717) is 25.3 Å². The monoisotopic (exact) mass is 546 g/mol. The van der Waals surface area contributed by atoms with Gasteiger partial charge in [0.2, 0.25) is 5.91 Å². The maximum atomic E-state index is 13.9. The number of carbonyl (C=O) groups is 1. The second-order valence-electron chi connectivity index (χ2n) is 7.52. The summed E-state index contributed by atoms with van der Waals surface area (Å²) in [7, 11) is 0.938. The minimum Gasteiger partial charge on any atom is -0.365 e. The van der Waals surface area contributed by atoms with E-state index in [1.54, 1.807) is 11.8 Å². The molecule has 1 aromatic carbocycles. The van der Waals surface area contributed by atoms with Crippen molar-refractivity contribution < 1.29 is 40.6 Å². The number of nitrogens with zero attached hydrogens (tertiary/aromatic N) is 2. The lowest BCUT2D eigenvalue weighted by Gasteiger charge is -2.42. The number of amides is 1. The minimum absolute atomic E-state index is 0.0963. The molecule has 1 amide bonds. The molecular formula is C21H25BrF6N2O3. The quantitative estimate of drug-likeness (QED) is 0.271. The summed E-state index contributed by atoms with van der Waals surface area (Å²) in [6, 6.07) is 2.64. The molecule has 33 heavy (non-hydrogen) atoms. The third kappa shape index (κ3) is 5.48. The van der Waals surface area contributed by atoms with Gasteiger partial charge in [0.05, 0.1) is 5.33 Å². The number of piperazine rings is 1. The summed E-state index contributed by atoms with van der Waals surface area (Å²) in [6.07, 6.45) is -8.63. The summed E-state index contributed by atoms with van der Waals surface area (Å²) in [5.74, 6) is -0.0963. The Bertz CT molecular complexity index is 845. The van der Waals surface area contributed by atoms with E-state index in [9.17, 15) is 31.1 Å². The number of anilines is 1. The van der Waals surface area contributed by atoms with Crippen molar-refractivity contribution in [1.29, 1.82) is 0 Å². The Labute approximate surface area is 196 Å². The predicted molar refractivity (Wildman–Crippen MR) is 115 cm³/mol. The number of alkyl halides is 7. The molecule has 0 saturated carbocycles. The number of benzene rings is 1. The first-order valence-corrected chi connectivity index (χ1v) is 11.1. The molecule has 0 radical (unpaired) electrons. The van der Waals surface area contributed by atoms with Crippen LogP contribution in [0.2, 0.25) is 0 Å². The SMILES string of the molecule is CC=Cc1cc(C(OCOC)(C(F)(F)F)C(F)(F)F)ccc1N1CCN(C(=O)CBr)C[C@H]1C. The average molecular weight is 547 g/mol. The van der Waals surface area contributed by atoms with Gasteiger partial charge in [-0.1, -0.05) is 34.1 Å². The summed E-state index contributed by atoms with van der Waals surface area (Å²) in [5, 5.41) is 0.163. The van der Waals surface area contributed by atoms with Crippen LogP contribution in [-0.2, 0) is 19.9 Å². The smallest absolute Gasteiger partial charge is 0.365 e. The summed E-state index contributed by atoms with van der Waals surface area (Å²) in [4.78, 5) is 15.5. The second-order valence-corrected chi connectivity index (χ2v) is 8.08. The molecule has 0 unspecified atom stereocenters. The van der Waals surface area contributed by atoms with Gasteiger partial charge < -0.3 is 19.3 Å². The Hall–Kier alpha value is -1.79. The standard InChI is InChI=1S/C21H25BrF6N2O3/c1-4-5-15-10-16(19(20(23,24)25,21(26,27)28)33-13-32-3)6-7-17(15)30-9-8-29(12-14(30)2)18(31)11-22/h4-7,10,14H,8-9,11-13H2,1-3H3/t14-/m1/s1. The lowest BCUT2D eigenvalue weighted by Crippen LogP contribution is -2.56.